The van der Waals surface area contributed by atoms with E-state index in [4.69, 9.17) is 4.42 Å². The van der Waals surface area contributed by atoms with Gasteiger partial charge in [-0.15, -0.1) is 11.3 Å². The summed E-state index contributed by atoms with van der Waals surface area (Å²) in [5.74, 6) is -0.967. The van der Waals surface area contributed by atoms with E-state index in [1.807, 2.05) is 0 Å². The van der Waals surface area contributed by atoms with Crippen LogP contribution >= 0.6 is 11.3 Å². The summed E-state index contributed by atoms with van der Waals surface area (Å²) in [6.07, 6.45) is 4.31. The summed E-state index contributed by atoms with van der Waals surface area (Å²) in [7, 11) is 0. The largest absolute Gasteiger partial charge is 0.467 e. The van der Waals surface area contributed by atoms with Crippen LogP contribution in [-0.2, 0) is 29.0 Å². The maximum atomic E-state index is 11.9. The molecule has 0 saturated heterocycles. The Bertz CT molecular complexity index is 756. The molecule has 6 nitrogen and oxygen atoms in total. The molecule has 0 spiro atoms. The number of carbonyl (C=O) groups excluding carboxylic acids is 2. The molecular formula is C15H13N3O3S. The molecule has 0 bridgehead atoms. The van der Waals surface area contributed by atoms with E-state index in [1.165, 1.54) is 17.6 Å². The fourth-order valence-electron chi connectivity index (χ4n) is 2.43. The molecule has 7 heteroatoms. The van der Waals surface area contributed by atoms with Gasteiger partial charge in [0, 0.05) is 4.88 Å². The quantitative estimate of drug-likeness (QED) is 0.846. The third-order valence-electron chi connectivity index (χ3n) is 3.47. The molecule has 0 aromatic carbocycles. The summed E-state index contributed by atoms with van der Waals surface area (Å²) in [4.78, 5) is 24.8. The molecule has 112 valence electrons. The Balaban J connectivity index is 1.64. The molecule has 0 fully saturated rings. The van der Waals surface area contributed by atoms with Crippen LogP contribution in [0.2, 0.25) is 0 Å². The lowest BCUT2D eigenvalue weighted by Crippen LogP contribution is -2.34. The first-order chi connectivity index (χ1) is 10.7. The molecule has 2 aromatic rings. The van der Waals surface area contributed by atoms with E-state index in [2.05, 4.69) is 16.7 Å². The van der Waals surface area contributed by atoms with Crippen molar-refractivity contribution in [3.05, 3.63) is 40.2 Å². The molecular weight excluding hydrogens is 302 g/mol. The minimum absolute atomic E-state index is 0.144. The van der Waals surface area contributed by atoms with Crippen molar-refractivity contribution in [2.75, 3.05) is 5.32 Å². The van der Waals surface area contributed by atoms with E-state index in [1.54, 1.807) is 12.1 Å². The topological polar surface area (TPSA) is 95.1 Å². The van der Waals surface area contributed by atoms with Gasteiger partial charge >= 0.3 is 11.8 Å². The predicted octanol–water partition coefficient (Wildman–Crippen LogP) is 1.96. The molecule has 0 radical (unpaired) electrons. The zero-order chi connectivity index (χ0) is 15.5. The van der Waals surface area contributed by atoms with Crippen molar-refractivity contribution in [2.24, 2.45) is 0 Å². The Morgan fingerprint density at radius 1 is 1.36 bits per heavy atom. The van der Waals surface area contributed by atoms with Crippen molar-refractivity contribution in [3.8, 4) is 6.07 Å². The first-order valence-electron chi connectivity index (χ1n) is 6.85. The molecule has 1 aliphatic rings. The summed E-state index contributed by atoms with van der Waals surface area (Å²) in [5, 5.41) is 14.7. The van der Waals surface area contributed by atoms with Crippen LogP contribution in [0.1, 0.15) is 28.2 Å². The molecule has 2 aromatic heterocycles. The number of fused-ring (bicyclic) bond motifs is 1. The summed E-state index contributed by atoms with van der Waals surface area (Å²) < 4.78 is 5.07. The van der Waals surface area contributed by atoms with Crippen molar-refractivity contribution in [1.82, 2.24) is 5.32 Å². The average molecular weight is 315 g/mol. The van der Waals surface area contributed by atoms with Crippen LogP contribution in [0.25, 0.3) is 0 Å². The lowest BCUT2D eigenvalue weighted by Gasteiger charge is -2.04. The highest BCUT2D eigenvalue weighted by molar-refractivity contribution is 7.16. The Labute approximate surface area is 130 Å². The Morgan fingerprint density at radius 3 is 2.95 bits per heavy atom. The number of nitrogens with one attached hydrogen (secondary N) is 2. The van der Waals surface area contributed by atoms with E-state index in [9.17, 15) is 14.9 Å². The molecule has 2 heterocycles. The van der Waals surface area contributed by atoms with Gasteiger partial charge in [-0.25, -0.2) is 0 Å². The van der Waals surface area contributed by atoms with E-state index >= 15 is 0 Å². The molecule has 2 amide bonds. The maximum Gasteiger partial charge on any atom is 0.314 e. The van der Waals surface area contributed by atoms with Gasteiger partial charge in [-0.2, -0.15) is 5.26 Å². The number of aryl methyl sites for hydroxylation is 1. The number of furan rings is 1. The summed E-state index contributed by atoms with van der Waals surface area (Å²) >= 11 is 1.38. The summed E-state index contributed by atoms with van der Waals surface area (Å²) in [6.45, 7) is 0.144. The second kappa shape index (κ2) is 6.03. The van der Waals surface area contributed by atoms with Gasteiger partial charge in [0.05, 0.1) is 18.4 Å². The standard InChI is InChI=1S/C15H13N3O3S/c16-7-11-10-4-1-5-12(10)22-15(11)18-14(20)13(19)17-8-9-3-2-6-21-9/h2-3,6H,1,4-5,8H2,(H,17,19)(H,18,20). The van der Waals surface area contributed by atoms with E-state index in [0.29, 0.717) is 16.3 Å². The number of nitriles is 1. The number of rotatable bonds is 3. The Morgan fingerprint density at radius 2 is 2.23 bits per heavy atom. The van der Waals surface area contributed by atoms with E-state index in [-0.39, 0.29) is 6.54 Å². The zero-order valence-electron chi connectivity index (χ0n) is 11.6. The second-order valence-corrected chi connectivity index (χ2v) is 5.99. The van der Waals surface area contributed by atoms with E-state index in [0.717, 1.165) is 29.7 Å². The van der Waals surface area contributed by atoms with Crippen LogP contribution in [0.3, 0.4) is 0 Å². The minimum Gasteiger partial charge on any atom is -0.467 e. The lowest BCUT2D eigenvalue weighted by atomic mass is 10.1. The maximum absolute atomic E-state index is 11.9. The number of nitrogens with zero attached hydrogens (tertiary/aromatic N) is 1. The smallest absolute Gasteiger partial charge is 0.314 e. The fraction of sp³-hybridized carbons (Fsp3) is 0.267. The zero-order valence-corrected chi connectivity index (χ0v) is 12.5. The van der Waals surface area contributed by atoms with E-state index < -0.39 is 11.8 Å². The van der Waals surface area contributed by atoms with Gasteiger partial charge in [0.15, 0.2) is 0 Å². The molecule has 2 N–H and O–H groups in total. The third-order valence-corrected chi connectivity index (χ3v) is 4.68. The van der Waals surface area contributed by atoms with Gasteiger partial charge < -0.3 is 15.1 Å². The van der Waals surface area contributed by atoms with Crippen LogP contribution in [0, 0.1) is 11.3 Å². The molecule has 3 rings (SSSR count). The normalized spacial score (nSPS) is 12.5. The molecule has 0 aliphatic heterocycles. The highest BCUT2D eigenvalue weighted by Crippen LogP contribution is 2.38. The third kappa shape index (κ3) is 2.73. The summed E-state index contributed by atoms with van der Waals surface area (Å²) in [5.41, 5.74) is 1.50. The lowest BCUT2D eigenvalue weighted by molar-refractivity contribution is -0.136. The van der Waals surface area contributed by atoms with Crippen LogP contribution in [-0.4, -0.2) is 11.8 Å². The number of carbonyl (C=O) groups is 2. The van der Waals surface area contributed by atoms with Crippen LogP contribution in [0.5, 0.6) is 0 Å². The molecule has 22 heavy (non-hydrogen) atoms. The van der Waals surface area contributed by atoms with Crippen molar-refractivity contribution in [2.45, 2.75) is 25.8 Å². The Hall–Kier alpha value is -2.59. The number of hydrogen-bond donors (Lipinski definition) is 2. The predicted molar refractivity (Wildman–Crippen MR) is 80.2 cm³/mol. The average Bonchev–Trinajstić information content (AvgIpc) is 3.21. The summed E-state index contributed by atoms with van der Waals surface area (Å²) in [6, 6.07) is 5.53. The van der Waals surface area contributed by atoms with Gasteiger partial charge in [-0.05, 0) is 37.0 Å². The molecule has 0 atom stereocenters. The molecule has 1 aliphatic carbocycles. The Kier molecular flexibility index (Phi) is 3.94. The molecule has 0 unspecified atom stereocenters. The van der Waals surface area contributed by atoms with Gasteiger partial charge in [-0.1, -0.05) is 0 Å². The van der Waals surface area contributed by atoms with Gasteiger partial charge in [-0.3, -0.25) is 9.59 Å². The highest BCUT2D eigenvalue weighted by atomic mass is 32.1. The van der Waals surface area contributed by atoms with Crippen LogP contribution < -0.4 is 10.6 Å². The first kappa shape index (κ1) is 14.4. The number of hydrogen-bond acceptors (Lipinski definition) is 5. The first-order valence-corrected chi connectivity index (χ1v) is 7.67. The van der Waals surface area contributed by atoms with Crippen LogP contribution in [0.15, 0.2) is 22.8 Å². The second-order valence-electron chi connectivity index (χ2n) is 4.89. The van der Waals surface area contributed by atoms with Crippen molar-refractivity contribution in [1.29, 1.82) is 5.26 Å². The molecule has 0 saturated carbocycles. The number of amides is 2. The van der Waals surface area contributed by atoms with Crippen LogP contribution in [0.4, 0.5) is 5.00 Å². The van der Waals surface area contributed by atoms with Crippen molar-refractivity contribution < 1.29 is 14.0 Å². The monoisotopic (exact) mass is 315 g/mol. The minimum atomic E-state index is -0.775. The van der Waals surface area contributed by atoms with Crippen molar-refractivity contribution in [3.63, 3.8) is 0 Å². The van der Waals surface area contributed by atoms with Gasteiger partial charge in [0.2, 0.25) is 0 Å². The number of anilines is 1. The van der Waals surface area contributed by atoms with Gasteiger partial charge in [0.1, 0.15) is 16.8 Å². The van der Waals surface area contributed by atoms with Crippen molar-refractivity contribution >= 4 is 28.2 Å². The number of thiophene rings is 1. The highest BCUT2D eigenvalue weighted by Gasteiger charge is 2.24. The van der Waals surface area contributed by atoms with Gasteiger partial charge in [0.25, 0.3) is 0 Å². The SMILES string of the molecule is N#Cc1c(NC(=O)C(=O)NCc2ccco2)sc2c1CCC2. The fourth-order valence-corrected chi connectivity index (χ4v) is 3.67.